The molecule has 0 saturated heterocycles. The molecule has 2 amide bonds. The fourth-order valence-corrected chi connectivity index (χ4v) is 3.92. The highest BCUT2D eigenvalue weighted by Gasteiger charge is 2.02. The number of nitrogens with one attached hydrogen (secondary N) is 2. The van der Waals surface area contributed by atoms with Gasteiger partial charge in [-0.05, 0) is 51.0 Å². The minimum absolute atomic E-state index is 0.0829. The topological polar surface area (TPSA) is 82.9 Å². The minimum atomic E-state index is -0.0829. The molecular weight excluding hydrogens is 392 g/mol. The number of amides is 2. The SMILES string of the molecule is Cc1ccc(C=NNC(=O)CCCCCCC(=O)NN=Cc2ccc(C)s2)s1. The highest BCUT2D eigenvalue weighted by atomic mass is 32.1. The summed E-state index contributed by atoms with van der Waals surface area (Å²) in [6, 6.07) is 7.98. The Morgan fingerprint density at radius 2 is 1.21 bits per heavy atom. The quantitative estimate of drug-likeness (QED) is 0.323. The van der Waals surface area contributed by atoms with E-state index in [0.29, 0.717) is 12.8 Å². The predicted molar refractivity (Wildman–Crippen MR) is 117 cm³/mol. The molecule has 2 aromatic heterocycles. The number of carbonyl (C=O) groups is 2. The smallest absolute Gasteiger partial charge is 0.240 e. The number of hydrogen-bond acceptors (Lipinski definition) is 6. The van der Waals surface area contributed by atoms with E-state index in [2.05, 4.69) is 21.1 Å². The number of thiophene rings is 2. The maximum absolute atomic E-state index is 11.7. The summed E-state index contributed by atoms with van der Waals surface area (Å²) in [6.07, 6.45) is 7.61. The Balaban J connectivity index is 1.47. The number of aryl methyl sites for hydroxylation is 2. The maximum atomic E-state index is 11.7. The van der Waals surface area contributed by atoms with Crippen molar-refractivity contribution in [3.05, 3.63) is 43.8 Å². The van der Waals surface area contributed by atoms with Crippen molar-refractivity contribution in [1.82, 2.24) is 10.9 Å². The van der Waals surface area contributed by atoms with Gasteiger partial charge in [0.05, 0.1) is 12.4 Å². The molecular formula is C20H26N4O2S2. The normalized spacial score (nSPS) is 11.4. The highest BCUT2D eigenvalue weighted by molar-refractivity contribution is 7.13. The molecule has 0 fully saturated rings. The first-order valence-electron chi connectivity index (χ1n) is 9.29. The fraction of sp³-hybridized carbons (Fsp3) is 0.400. The lowest BCUT2D eigenvalue weighted by atomic mass is 10.1. The molecule has 0 spiro atoms. The summed E-state index contributed by atoms with van der Waals surface area (Å²) in [4.78, 5) is 27.9. The van der Waals surface area contributed by atoms with Crippen molar-refractivity contribution in [2.45, 2.75) is 52.4 Å². The minimum Gasteiger partial charge on any atom is -0.273 e. The van der Waals surface area contributed by atoms with Gasteiger partial charge in [-0.3, -0.25) is 9.59 Å². The second-order valence-electron chi connectivity index (χ2n) is 6.40. The van der Waals surface area contributed by atoms with Gasteiger partial charge in [0, 0.05) is 32.4 Å². The molecule has 0 saturated carbocycles. The van der Waals surface area contributed by atoms with Crippen molar-refractivity contribution >= 4 is 46.9 Å². The van der Waals surface area contributed by atoms with Crippen LogP contribution in [-0.4, -0.2) is 24.2 Å². The Morgan fingerprint density at radius 3 is 1.57 bits per heavy atom. The van der Waals surface area contributed by atoms with Crippen molar-refractivity contribution in [2.75, 3.05) is 0 Å². The molecule has 0 bridgehead atoms. The summed E-state index contributed by atoms with van der Waals surface area (Å²) < 4.78 is 0. The lowest BCUT2D eigenvalue weighted by molar-refractivity contribution is -0.122. The van der Waals surface area contributed by atoms with Crippen LogP contribution in [0.15, 0.2) is 34.5 Å². The van der Waals surface area contributed by atoms with E-state index >= 15 is 0 Å². The average molecular weight is 419 g/mol. The van der Waals surface area contributed by atoms with Crippen molar-refractivity contribution in [1.29, 1.82) is 0 Å². The van der Waals surface area contributed by atoms with E-state index in [1.54, 1.807) is 35.1 Å². The largest absolute Gasteiger partial charge is 0.273 e. The molecule has 6 nitrogen and oxygen atoms in total. The molecule has 2 N–H and O–H groups in total. The van der Waals surface area contributed by atoms with E-state index < -0.39 is 0 Å². The molecule has 0 atom stereocenters. The molecule has 2 aromatic rings. The summed E-state index contributed by atoms with van der Waals surface area (Å²) in [6.45, 7) is 4.06. The monoisotopic (exact) mass is 418 g/mol. The van der Waals surface area contributed by atoms with Gasteiger partial charge >= 0.3 is 0 Å². The number of hydrogen-bond donors (Lipinski definition) is 2. The molecule has 0 aliphatic heterocycles. The number of nitrogens with zero attached hydrogens (tertiary/aromatic N) is 2. The Bertz CT molecular complexity index is 756. The number of unbranched alkanes of at least 4 members (excludes halogenated alkanes) is 3. The van der Waals surface area contributed by atoms with Crippen molar-refractivity contribution < 1.29 is 9.59 Å². The molecule has 0 aliphatic rings. The highest BCUT2D eigenvalue weighted by Crippen LogP contribution is 2.13. The van der Waals surface area contributed by atoms with Gasteiger partial charge in [-0.15, -0.1) is 22.7 Å². The first-order chi connectivity index (χ1) is 13.5. The van der Waals surface area contributed by atoms with Gasteiger partial charge in [0.25, 0.3) is 0 Å². The van der Waals surface area contributed by atoms with E-state index in [9.17, 15) is 9.59 Å². The molecule has 2 rings (SSSR count). The van der Waals surface area contributed by atoms with E-state index in [1.165, 1.54) is 9.75 Å². The van der Waals surface area contributed by atoms with Crippen LogP contribution in [0.5, 0.6) is 0 Å². The Labute approximate surface area is 173 Å². The average Bonchev–Trinajstić information content (AvgIpc) is 3.26. The van der Waals surface area contributed by atoms with Gasteiger partial charge in [-0.1, -0.05) is 12.8 Å². The van der Waals surface area contributed by atoms with E-state index in [-0.39, 0.29) is 11.8 Å². The lowest BCUT2D eigenvalue weighted by Gasteiger charge is -2.01. The molecule has 0 aliphatic carbocycles. The summed E-state index contributed by atoms with van der Waals surface area (Å²) in [5.74, 6) is -0.166. The van der Waals surface area contributed by atoms with Gasteiger partial charge in [-0.25, -0.2) is 10.9 Å². The molecule has 0 radical (unpaired) electrons. The van der Waals surface area contributed by atoms with E-state index in [1.807, 2.05) is 38.1 Å². The summed E-state index contributed by atoms with van der Waals surface area (Å²) in [5.41, 5.74) is 5.09. The van der Waals surface area contributed by atoms with Gasteiger partial charge in [0.15, 0.2) is 0 Å². The molecule has 2 heterocycles. The van der Waals surface area contributed by atoms with E-state index in [0.717, 1.165) is 35.4 Å². The molecule has 28 heavy (non-hydrogen) atoms. The number of rotatable bonds is 11. The second kappa shape index (κ2) is 12.2. The molecule has 0 aromatic carbocycles. The number of hydrazone groups is 2. The maximum Gasteiger partial charge on any atom is 0.240 e. The Hall–Kier alpha value is -2.32. The third-order valence-electron chi connectivity index (χ3n) is 3.84. The number of carbonyl (C=O) groups excluding carboxylic acids is 2. The lowest BCUT2D eigenvalue weighted by Crippen LogP contribution is -2.17. The first-order valence-corrected chi connectivity index (χ1v) is 10.9. The van der Waals surface area contributed by atoms with Crippen LogP contribution in [0.4, 0.5) is 0 Å². The molecule has 0 unspecified atom stereocenters. The fourth-order valence-electron chi connectivity index (χ4n) is 2.42. The predicted octanol–water partition coefficient (Wildman–Crippen LogP) is 4.37. The van der Waals surface area contributed by atoms with Crippen LogP contribution in [0.3, 0.4) is 0 Å². The summed E-state index contributed by atoms with van der Waals surface area (Å²) >= 11 is 3.26. The zero-order chi connectivity index (χ0) is 20.2. The molecule has 150 valence electrons. The standard InChI is InChI=1S/C20H26N4O2S2/c1-15-9-11-17(27-15)13-21-23-19(25)7-5-3-4-6-8-20(26)24-22-14-18-12-10-16(2)28-18/h9-14H,3-8H2,1-2H3,(H,23,25)(H,24,26). The third-order valence-corrected chi connectivity index (χ3v) is 5.71. The van der Waals surface area contributed by atoms with Crippen LogP contribution in [0, 0.1) is 13.8 Å². The second-order valence-corrected chi connectivity index (χ2v) is 9.04. The van der Waals surface area contributed by atoms with Crippen LogP contribution in [0.25, 0.3) is 0 Å². The molecule has 8 heteroatoms. The van der Waals surface area contributed by atoms with Gasteiger partial charge in [0.1, 0.15) is 0 Å². The van der Waals surface area contributed by atoms with E-state index in [4.69, 9.17) is 0 Å². The summed E-state index contributed by atoms with van der Waals surface area (Å²) in [7, 11) is 0. The Morgan fingerprint density at radius 1 is 0.786 bits per heavy atom. The van der Waals surface area contributed by atoms with Crippen LogP contribution in [-0.2, 0) is 9.59 Å². The third kappa shape index (κ3) is 9.05. The van der Waals surface area contributed by atoms with Gasteiger partial charge < -0.3 is 0 Å². The van der Waals surface area contributed by atoms with Gasteiger partial charge in [-0.2, -0.15) is 10.2 Å². The van der Waals surface area contributed by atoms with Gasteiger partial charge in [0.2, 0.25) is 11.8 Å². The van der Waals surface area contributed by atoms with Crippen LogP contribution in [0.1, 0.15) is 58.0 Å². The van der Waals surface area contributed by atoms with Crippen molar-refractivity contribution in [3.8, 4) is 0 Å². The zero-order valence-electron chi connectivity index (χ0n) is 16.2. The van der Waals surface area contributed by atoms with Crippen LogP contribution < -0.4 is 10.9 Å². The van der Waals surface area contributed by atoms with Crippen molar-refractivity contribution in [2.24, 2.45) is 10.2 Å². The zero-order valence-corrected chi connectivity index (χ0v) is 17.9. The Kier molecular flexibility index (Phi) is 9.57. The van der Waals surface area contributed by atoms with Crippen LogP contribution in [0.2, 0.25) is 0 Å². The van der Waals surface area contributed by atoms with Crippen LogP contribution >= 0.6 is 22.7 Å². The summed E-state index contributed by atoms with van der Waals surface area (Å²) in [5, 5.41) is 7.93. The first kappa shape index (κ1) is 22.0. The van der Waals surface area contributed by atoms with Crippen molar-refractivity contribution in [3.63, 3.8) is 0 Å².